The average Bonchev–Trinajstić information content (AvgIpc) is 2.33. The fourth-order valence-electron chi connectivity index (χ4n) is 2.44. The Morgan fingerprint density at radius 3 is 2.58 bits per heavy atom. The van der Waals surface area contributed by atoms with Crippen molar-refractivity contribution in [1.82, 2.24) is 0 Å². The third-order valence-electron chi connectivity index (χ3n) is 3.75. The average molecular weight is 283 g/mol. The van der Waals surface area contributed by atoms with Crippen LogP contribution in [0.4, 0.5) is 0 Å². The first kappa shape index (κ1) is 14.2. The number of aromatic carboxylic acids is 1. The van der Waals surface area contributed by atoms with Gasteiger partial charge < -0.3 is 9.84 Å². The highest BCUT2D eigenvalue weighted by Gasteiger charge is 2.28. The summed E-state index contributed by atoms with van der Waals surface area (Å²) in [6, 6.07) is 4.74. The first-order valence-corrected chi connectivity index (χ1v) is 6.95. The quantitative estimate of drug-likeness (QED) is 0.894. The Morgan fingerprint density at radius 2 is 2.00 bits per heavy atom. The lowest BCUT2D eigenvalue weighted by atomic mass is 9.76. The predicted octanol–water partition coefficient (Wildman–Crippen LogP) is 4.39. The molecule has 19 heavy (non-hydrogen) atoms. The molecule has 0 radical (unpaired) electrons. The minimum absolute atomic E-state index is 0.104. The second kappa shape index (κ2) is 5.41. The second-order valence-corrected chi connectivity index (χ2v) is 6.36. The smallest absolute Gasteiger partial charge is 0.339 e. The number of ether oxygens (including phenoxy) is 1. The van der Waals surface area contributed by atoms with E-state index in [4.69, 9.17) is 21.4 Å². The molecule has 0 heterocycles. The molecule has 1 N–H and O–H groups in total. The summed E-state index contributed by atoms with van der Waals surface area (Å²) in [5, 5.41) is 9.58. The fraction of sp³-hybridized carbons (Fsp3) is 0.533. The zero-order valence-corrected chi connectivity index (χ0v) is 12.0. The SMILES string of the molecule is CC1(C)CCC(Oc2ccc(Cl)cc2C(=O)O)CC1. The number of carboxylic acid groups (broad SMARTS) is 1. The maximum atomic E-state index is 11.2. The van der Waals surface area contributed by atoms with E-state index < -0.39 is 5.97 Å². The molecule has 1 aromatic rings. The molecule has 3 nitrogen and oxygen atoms in total. The van der Waals surface area contributed by atoms with E-state index in [1.807, 2.05) is 0 Å². The van der Waals surface area contributed by atoms with E-state index in [-0.39, 0.29) is 11.7 Å². The molecule has 0 aromatic heterocycles. The first-order chi connectivity index (χ1) is 8.87. The minimum Gasteiger partial charge on any atom is -0.490 e. The Balaban J connectivity index is 2.10. The van der Waals surface area contributed by atoms with Crippen LogP contribution < -0.4 is 4.74 Å². The standard InChI is InChI=1S/C15H19ClO3/c1-15(2)7-5-11(6-8-15)19-13-4-3-10(16)9-12(13)14(17)18/h3-4,9,11H,5-8H2,1-2H3,(H,17,18). The molecule has 0 bridgehead atoms. The molecule has 1 saturated carbocycles. The van der Waals surface area contributed by atoms with Gasteiger partial charge in [0.15, 0.2) is 0 Å². The lowest BCUT2D eigenvalue weighted by molar-refractivity contribution is 0.0674. The van der Waals surface area contributed by atoms with Crippen LogP contribution >= 0.6 is 11.6 Å². The Hall–Kier alpha value is -1.22. The lowest BCUT2D eigenvalue weighted by Crippen LogP contribution is -2.28. The van der Waals surface area contributed by atoms with Crippen molar-refractivity contribution in [3.63, 3.8) is 0 Å². The molecule has 0 spiro atoms. The number of hydrogen-bond acceptors (Lipinski definition) is 2. The van der Waals surface area contributed by atoms with Crippen molar-refractivity contribution in [3.8, 4) is 5.75 Å². The number of halogens is 1. The van der Waals surface area contributed by atoms with E-state index in [1.54, 1.807) is 12.1 Å². The van der Waals surface area contributed by atoms with Gasteiger partial charge in [-0.2, -0.15) is 0 Å². The first-order valence-electron chi connectivity index (χ1n) is 6.57. The van der Waals surface area contributed by atoms with Crippen LogP contribution in [0.1, 0.15) is 49.9 Å². The molecule has 4 heteroatoms. The zero-order valence-electron chi connectivity index (χ0n) is 11.3. The van der Waals surface area contributed by atoms with E-state index in [9.17, 15) is 4.79 Å². The number of rotatable bonds is 3. The van der Waals surface area contributed by atoms with Crippen molar-refractivity contribution < 1.29 is 14.6 Å². The van der Waals surface area contributed by atoms with Crippen LogP contribution in [0.3, 0.4) is 0 Å². The molecule has 0 saturated heterocycles. The third-order valence-corrected chi connectivity index (χ3v) is 3.99. The molecule has 2 rings (SSSR count). The molecule has 1 aliphatic carbocycles. The van der Waals surface area contributed by atoms with Gasteiger partial charge in [-0.3, -0.25) is 0 Å². The van der Waals surface area contributed by atoms with Crippen molar-refractivity contribution >= 4 is 17.6 Å². The highest BCUT2D eigenvalue weighted by molar-refractivity contribution is 6.31. The summed E-state index contributed by atoms with van der Waals surface area (Å²) in [6.07, 6.45) is 4.25. The highest BCUT2D eigenvalue weighted by atomic mass is 35.5. The summed E-state index contributed by atoms with van der Waals surface area (Å²) in [7, 11) is 0. The summed E-state index contributed by atoms with van der Waals surface area (Å²) in [4.78, 5) is 11.2. The van der Waals surface area contributed by atoms with Gasteiger partial charge in [0.25, 0.3) is 0 Å². The molecule has 1 aliphatic rings. The van der Waals surface area contributed by atoms with Gasteiger partial charge in [0, 0.05) is 5.02 Å². The van der Waals surface area contributed by atoms with E-state index in [0.717, 1.165) is 25.7 Å². The molecule has 1 fully saturated rings. The zero-order chi connectivity index (χ0) is 14.0. The van der Waals surface area contributed by atoms with Gasteiger partial charge in [0.2, 0.25) is 0 Å². The number of benzene rings is 1. The van der Waals surface area contributed by atoms with Crippen molar-refractivity contribution in [1.29, 1.82) is 0 Å². The summed E-state index contributed by atoms with van der Waals surface area (Å²) in [5.41, 5.74) is 0.507. The molecule has 0 aliphatic heterocycles. The van der Waals surface area contributed by atoms with E-state index >= 15 is 0 Å². The topological polar surface area (TPSA) is 46.5 Å². The number of carbonyl (C=O) groups is 1. The fourth-order valence-corrected chi connectivity index (χ4v) is 2.61. The Kier molecular flexibility index (Phi) is 4.04. The van der Waals surface area contributed by atoms with Crippen LogP contribution in [0.5, 0.6) is 5.75 Å². The van der Waals surface area contributed by atoms with Crippen LogP contribution in [0, 0.1) is 5.41 Å². The minimum atomic E-state index is -1.01. The molecule has 0 amide bonds. The van der Waals surface area contributed by atoms with E-state index in [2.05, 4.69) is 13.8 Å². The molecular weight excluding hydrogens is 264 g/mol. The molecule has 104 valence electrons. The summed E-state index contributed by atoms with van der Waals surface area (Å²) in [5.74, 6) is -0.588. The largest absolute Gasteiger partial charge is 0.490 e. The van der Waals surface area contributed by atoms with Crippen molar-refractivity contribution in [2.24, 2.45) is 5.41 Å². The van der Waals surface area contributed by atoms with Crippen molar-refractivity contribution in [3.05, 3.63) is 28.8 Å². The highest BCUT2D eigenvalue weighted by Crippen LogP contribution is 2.37. The van der Waals surface area contributed by atoms with E-state index in [1.165, 1.54) is 6.07 Å². The van der Waals surface area contributed by atoms with Gasteiger partial charge in [-0.05, 0) is 49.3 Å². The molecule has 1 aromatic carbocycles. The molecule has 0 unspecified atom stereocenters. The predicted molar refractivity (Wildman–Crippen MR) is 75.1 cm³/mol. The maximum absolute atomic E-state index is 11.2. The van der Waals surface area contributed by atoms with Gasteiger partial charge in [0.1, 0.15) is 11.3 Å². The van der Waals surface area contributed by atoms with Crippen molar-refractivity contribution in [2.45, 2.75) is 45.6 Å². The second-order valence-electron chi connectivity index (χ2n) is 5.93. The normalized spacial score (nSPS) is 19.1. The van der Waals surface area contributed by atoms with Crippen LogP contribution in [-0.4, -0.2) is 17.2 Å². The summed E-state index contributed by atoms with van der Waals surface area (Å²) >= 11 is 5.82. The number of hydrogen-bond donors (Lipinski definition) is 1. The lowest BCUT2D eigenvalue weighted by Gasteiger charge is -2.34. The summed E-state index contributed by atoms with van der Waals surface area (Å²) < 4.78 is 5.86. The van der Waals surface area contributed by atoms with Crippen LogP contribution in [0.25, 0.3) is 0 Å². The van der Waals surface area contributed by atoms with Crippen LogP contribution in [-0.2, 0) is 0 Å². The molecule has 0 atom stereocenters. The van der Waals surface area contributed by atoms with Crippen molar-refractivity contribution in [2.75, 3.05) is 0 Å². The van der Waals surface area contributed by atoms with Gasteiger partial charge in [0.05, 0.1) is 6.10 Å². The summed E-state index contributed by atoms with van der Waals surface area (Å²) in [6.45, 7) is 4.52. The Bertz CT molecular complexity index is 472. The van der Waals surface area contributed by atoms with Gasteiger partial charge in [-0.15, -0.1) is 0 Å². The van der Waals surface area contributed by atoms with Gasteiger partial charge in [-0.25, -0.2) is 4.79 Å². The van der Waals surface area contributed by atoms with Crippen LogP contribution in [0.2, 0.25) is 5.02 Å². The van der Waals surface area contributed by atoms with Gasteiger partial charge >= 0.3 is 5.97 Å². The maximum Gasteiger partial charge on any atom is 0.339 e. The number of carboxylic acids is 1. The van der Waals surface area contributed by atoms with E-state index in [0.29, 0.717) is 16.2 Å². The monoisotopic (exact) mass is 282 g/mol. The Labute approximate surface area is 118 Å². The third kappa shape index (κ3) is 3.63. The van der Waals surface area contributed by atoms with Crippen LogP contribution in [0.15, 0.2) is 18.2 Å². The Morgan fingerprint density at radius 1 is 1.37 bits per heavy atom. The van der Waals surface area contributed by atoms with Gasteiger partial charge in [-0.1, -0.05) is 25.4 Å². The molecular formula is C15H19ClO3.